The lowest BCUT2D eigenvalue weighted by molar-refractivity contribution is -0.0425. The van der Waals surface area contributed by atoms with Gasteiger partial charge in [0.1, 0.15) is 12.2 Å². The Balaban J connectivity index is 1.55. The van der Waals surface area contributed by atoms with Crippen LogP contribution in [-0.2, 0) is 18.4 Å². The Hall–Kier alpha value is -1.99. The van der Waals surface area contributed by atoms with Crippen molar-refractivity contribution in [3.8, 4) is 0 Å². The lowest BCUT2D eigenvalue weighted by Crippen LogP contribution is -2.31. The molecule has 1 aromatic carbocycles. The first-order valence-corrected chi connectivity index (χ1v) is 14.5. The Kier molecular flexibility index (Phi) is 7.82. The molecule has 4 rings (SSSR count). The molecular formula is C19H23ClFN5O8P2. The molecule has 0 amide bonds. The van der Waals surface area contributed by atoms with E-state index in [2.05, 4.69) is 24.8 Å². The van der Waals surface area contributed by atoms with Gasteiger partial charge in [-0.2, -0.15) is 9.97 Å². The van der Waals surface area contributed by atoms with Crippen molar-refractivity contribution in [1.82, 2.24) is 19.5 Å². The van der Waals surface area contributed by atoms with Gasteiger partial charge in [-0.3, -0.25) is 13.7 Å². The van der Waals surface area contributed by atoms with Crippen molar-refractivity contribution >= 4 is 43.8 Å². The van der Waals surface area contributed by atoms with Crippen molar-refractivity contribution < 1.29 is 42.6 Å². The number of aliphatic hydroxyl groups is 1. The van der Waals surface area contributed by atoms with Crippen LogP contribution in [0, 0.1) is 0 Å². The van der Waals surface area contributed by atoms with Gasteiger partial charge < -0.3 is 34.4 Å². The van der Waals surface area contributed by atoms with Crippen LogP contribution in [0.4, 0.5) is 10.2 Å². The van der Waals surface area contributed by atoms with Gasteiger partial charge in [0.15, 0.2) is 35.3 Å². The van der Waals surface area contributed by atoms with Crippen LogP contribution >= 0.6 is 26.8 Å². The van der Waals surface area contributed by atoms with Gasteiger partial charge in [-0.15, -0.1) is 0 Å². The maximum atomic E-state index is 15.0. The van der Waals surface area contributed by atoms with E-state index in [4.69, 9.17) is 26.1 Å². The number of ether oxygens (including phenoxy) is 1. The number of benzene rings is 1. The summed E-state index contributed by atoms with van der Waals surface area (Å²) in [5, 5.41) is 13.3. The number of anilines is 1. The van der Waals surface area contributed by atoms with Gasteiger partial charge in [-0.25, -0.2) is 9.37 Å². The number of hydrogen-bond acceptors (Lipinski definition) is 9. The number of nitrogens with zero attached hydrogens (tertiary/aromatic N) is 4. The van der Waals surface area contributed by atoms with E-state index >= 15 is 4.39 Å². The molecule has 196 valence electrons. The minimum absolute atomic E-state index is 0.105. The molecule has 1 fully saturated rings. The minimum Gasteiger partial charge on any atom is -0.387 e. The molecule has 0 aliphatic carbocycles. The van der Waals surface area contributed by atoms with Crippen LogP contribution in [0.15, 0.2) is 36.7 Å². The number of imidazole rings is 1. The first-order chi connectivity index (χ1) is 16.8. The number of aromatic nitrogens is 4. The predicted molar refractivity (Wildman–Crippen MR) is 126 cm³/mol. The van der Waals surface area contributed by atoms with Gasteiger partial charge in [0.05, 0.1) is 19.0 Å². The lowest BCUT2D eigenvalue weighted by Gasteiger charge is -2.18. The van der Waals surface area contributed by atoms with Crippen LogP contribution in [-0.4, -0.2) is 70.2 Å². The first kappa shape index (κ1) is 27.1. The van der Waals surface area contributed by atoms with Crippen LogP contribution in [0.25, 0.3) is 11.2 Å². The summed E-state index contributed by atoms with van der Waals surface area (Å²) in [4.78, 5) is 40.0. The summed E-state index contributed by atoms with van der Waals surface area (Å²) in [5.41, 5.74) is 1.33. The van der Waals surface area contributed by atoms with E-state index in [1.807, 2.05) is 37.3 Å². The number of hydrogen-bond donors (Lipinski definition) is 5. The topological polar surface area (TPSA) is 189 Å². The van der Waals surface area contributed by atoms with Crippen molar-refractivity contribution in [2.75, 3.05) is 17.8 Å². The number of halogens is 2. The molecule has 1 unspecified atom stereocenters. The van der Waals surface area contributed by atoms with Crippen molar-refractivity contribution in [3.05, 3.63) is 47.5 Å². The average Bonchev–Trinajstić information content (AvgIpc) is 3.32. The Labute approximate surface area is 209 Å². The van der Waals surface area contributed by atoms with E-state index < -0.39 is 52.3 Å². The molecule has 13 nitrogen and oxygen atoms in total. The standard InChI is InChI=1S/C19H23ClFN5O8P2/c1-10(11-5-3-2-4-6-11)23-16-14-17(25-19(20)24-16)26(8-22-14)18-13(21)15(27)12(34-18)7-33-36(31,32)9-35(28,29)30/h2-6,8,10,12-13,15,18,27H,7,9H2,1H3,(H,31,32)(H,23,24,25)(H2,28,29,30)/t10-,12-,13+,15-,18-/m1/s1. The summed E-state index contributed by atoms with van der Waals surface area (Å²) >= 11 is 6.11. The van der Waals surface area contributed by atoms with Crippen molar-refractivity contribution in [1.29, 1.82) is 0 Å². The number of fused-ring (bicyclic) bond motifs is 1. The molecule has 36 heavy (non-hydrogen) atoms. The molecule has 0 spiro atoms. The third-order valence-corrected chi connectivity index (χ3v) is 9.04. The van der Waals surface area contributed by atoms with Crippen molar-refractivity contribution in [2.45, 2.75) is 37.6 Å². The van der Waals surface area contributed by atoms with Crippen molar-refractivity contribution in [2.24, 2.45) is 0 Å². The second kappa shape index (κ2) is 10.4. The fourth-order valence-electron chi connectivity index (χ4n) is 3.74. The molecule has 1 saturated heterocycles. The third-order valence-electron chi connectivity index (χ3n) is 5.42. The summed E-state index contributed by atoms with van der Waals surface area (Å²) in [5.74, 6) is -1.14. The highest BCUT2D eigenvalue weighted by Gasteiger charge is 2.47. The molecule has 17 heteroatoms. The normalized spacial score (nSPS) is 25.1. The Morgan fingerprint density at radius 3 is 2.61 bits per heavy atom. The Bertz CT molecular complexity index is 1330. The van der Waals surface area contributed by atoms with Crippen LogP contribution in [0.2, 0.25) is 5.28 Å². The third kappa shape index (κ3) is 6.10. The van der Waals surface area contributed by atoms with E-state index in [0.717, 1.165) is 5.56 Å². The van der Waals surface area contributed by atoms with E-state index in [-0.39, 0.29) is 28.3 Å². The van der Waals surface area contributed by atoms with Crippen LogP contribution in [0.1, 0.15) is 24.8 Å². The number of alkyl halides is 1. The van der Waals surface area contributed by atoms with Crippen LogP contribution in [0.5, 0.6) is 0 Å². The summed E-state index contributed by atoms with van der Waals surface area (Å²) in [6.45, 7) is 1.11. The molecule has 3 aromatic rings. The highest BCUT2D eigenvalue weighted by molar-refractivity contribution is 7.70. The lowest BCUT2D eigenvalue weighted by atomic mass is 10.1. The molecule has 1 aliphatic rings. The predicted octanol–water partition coefficient (Wildman–Crippen LogP) is 2.59. The highest BCUT2D eigenvalue weighted by Crippen LogP contribution is 2.55. The van der Waals surface area contributed by atoms with Crippen LogP contribution < -0.4 is 5.32 Å². The Morgan fingerprint density at radius 2 is 1.94 bits per heavy atom. The van der Waals surface area contributed by atoms with Crippen LogP contribution in [0.3, 0.4) is 0 Å². The zero-order valence-electron chi connectivity index (χ0n) is 18.6. The van der Waals surface area contributed by atoms with E-state index in [9.17, 15) is 19.1 Å². The summed E-state index contributed by atoms with van der Waals surface area (Å²) in [6, 6.07) is 9.31. The average molecular weight is 566 g/mol. The molecular weight excluding hydrogens is 543 g/mol. The fourth-order valence-corrected chi connectivity index (χ4v) is 6.47. The van der Waals surface area contributed by atoms with E-state index in [1.165, 1.54) is 10.9 Å². The van der Waals surface area contributed by atoms with Gasteiger partial charge in [0, 0.05) is 0 Å². The van der Waals surface area contributed by atoms with E-state index in [1.54, 1.807) is 0 Å². The minimum atomic E-state index is -4.86. The van der Waals surface area contributed by atoms with Gasteiger partial charge in [0.2, 0.25) is 5.28 Å². The molecule has 0 radical (unpaired) electrons. The van der Waals surface area contributed by atoms with E-state index in [0.29, 0.717) is 0 Å². The number of nitrogens with one attached hydrogen (secondary N) is 1. The maximum absolute atomic E-state index is 15.0. The molecule has 2 aromatic heterocycles. The second-order valence-corrected chi connectivity index (χ2v) is 12.5. The quantitative estimate of drug-likeness (QED) is 0.189. The maximum Gasteiger partial charge on any atom is 0.340 e. The summed E-state index contributed by atoms with van der Waals surface area (Å²) in [6.07, 6.45) is -5.46. The molecule has 6 atom stereocenters. The molecule has 0 saturated carbocycles. The SMILES string of the molecule is C[C@@H](Nc1nc(Cl)nc2c1ncn2[C@@H]1O[C@H](COP(=O)(O)CP(=O)(O)O)[C@@H](O)[C@@H]1F)c1ccccc1. The molecule has 3 heterocycles. The Morgan fingerprint density at radius 1 is 1.25 bits per heavy atom. The molecule has 0 bridgehead atoms. The fraction of sp³-hybridized carbons (Fsp3) is 0.421. The number of rotatable bonds is 9. The molecule has 5 N–H and O–H groups in total. The zero-order chi connectivity index (χ0) is 26.3. The zero-order valence-corrected chi connectivity index (χ0v) is 21.2. The largest absolute Gasteiger partial charge is 0.387 e. The molecule has 1 aliphatic heterocycles. The first-order valence-electron chi connectivity index (χ1n) is 10.5. The highest BCUT2D eigenvalue weighted by atomic mass is 35.5. The smallest absolute Gasteiger partial charge is 0.340 e. The summed E-state index contributed by atoms with van der Waals surface area (Å²) < 4.78 is 49.3. The number of aliphatic hydroxyl groups excluding tert-OH is 1. The van der Waals surface area contributed by atoms with Gasteiger partial charge in [-0.05, 0) is 24.1 Å². The summed E-state index contributed by atoms with van der Waals surface area (Å²) in [7, 11) is -9.58. The van der Waals surface area contributed by atoms with Gasteiger partial charge >= 0.3 is 15.2 Å². The van der Waals surface area contributed by atoms with Gasteiger partial charge in [-0.1, -0.05) is 30.3 Å². The second-order valence-electron chi connectivity index (χ2n) is 8.18. The monoisotopic (exact) mass is 565 g/mol. The van der Waals surface area contributed by atoms with Crippen molar-refractivity contribution in [3.63, 3.8) is 0 Å². The van der Waals surface area contributed by atoms with Gasteiger partial charge in [0.25, 0.3) is 0 Å².